The van der Waals surface area contributed by atoms with Crippen LogP contribution in [-0.2, 0) is 4.74 Å². The van der Waals surface area contributed by atoms with Gasteiger partial charge in [-0.1, -0.05) is 30.3 Å². The molecule has 4 aromatic carbocycles. The quantitative estimate of drug-likeness (QED) is 0.239. The number of ether oxygens (including phenoxy) is 5. The molecule has 4 N–H and O–H groups in total. The van der Waals surface area contributed by atoms with Crippen molar-refractivity contribution in [3.63, 3.8) is 0 Å². The molecule has 4 atom stereocenters. The van der Waals surface area contributed by atoms with Gasteiger partial charge in [0.1, 0.15) is 29.4 Å². The summed E-state index contributed by atoms with van der Waals surface area (Å²) < 4.78 is 29.2. The maximum atomic E-state index is 12.9. The molecular formula is C32H26O11. The van der Waals surface area contributed by atoms with Gasteiger partial charge in [-0.3, -0.25) is 4.79 Å². The summed E-state index contributed by atoms with van der Waals surface area (Å²) in [5, 5.41) is 41.0. The highest BCUT2D eigenvalue weighted by Crippen LogP contribution is 2.46. The number of phenolic OH excluding ortho intramolecular Hbond substituents is 3. The standard InChI is InChI=1S/C32H26O11/c1-39-23-11-17(7-9-20(23)34)30-26(15-40-32(38)16-5-3-2-4-6-16)41-22-10-8-18(12-24(22)42-30)31-29(37)28(36)27-21(35)13-19(33)14-25(27)43-31/h2-14,26,29-31,33-35,37H,15H2,1H3/t26?,29-,30?,31+/m0/s1. The maximum absolute atomic E-state index is 12.9. The van der Waals surface area contributed by atoms with Gasteiger partial charge >= 0.3 is 5.97 Å². The molecule has 0 aliphatic carbocycles. The van der Waals surface area contributed by atoms with Crippen LogP contribution in [0.25, 0.3) is 0 Å². The largest absolute Gasteiger partial charge is 0.508 e. The van der Waals surface area contributed by atoms with E-state index >= 15 is 0 Å². The van der Waals surface area contributed by atoms with Crippen LogP contribution in [0.5, 0.6) is 40.2 Å². The van der Waals surface area contributed by atoms with Crippen molar-refractivity contribution in [3.8, 4) is 40.2 Å². The average Bonchev–Trinajstić information content (AvgIpc) is 3.01. The zero-order valence-corrected chi connectivity index (χ0v) is 22.7. The summed E-state index contributed by atoms with van der Waals surface area (Å²) in [6.45, 7) is -0.175. The van der Waals surface area contributed by atoms with Crippen LogP contribution in [0, 0.1) is 0 Å². The number of esters is 1. The number of aliphatic hydroxyl groups is 1. The third-order valence-electron chi connectivity index (χ3n) is 7.21. The van der Waals surface area contributed by atoms with Crippen molar-refractivity contribution in [1.29, 1.82) is 0 Å². The molecule has 2 aliphatic heterocycles. The molecule has 0 saturated heterocycles. The molecule has 11 nitrogen and oxygen atoms in total. The highest BCUT2D eigenvalue weighted by atomic mass is 16.6. The third-order valence-corrected chi connectivity index (χ3v) is 7.21. The molecule has 0 bridgehead atoms. The lowest BCUT2D eigenvalue weighted by molar-refractivity contribution is -0.0259. The molecule has 2 aliphatic rings. The van der Waals surface area contributed by atoms with Gasteiger partial charge in [0.2, 0.25) is 5.78 Å². The minimum atomic E-state index is -1.66. The van der Waals surface area contributed by atoms with Crippen LogP contribution in [0.4, 0.5) is 0 Å². The fourth-order valence-electron chi connectivity index (χ4n) is 5.08. The van der Waals surface area contributed by atoms with E-state index in [4.69, 9.17) is 23.7 Å². The van der Waals surface area contributed by atoms with Gasteiger partial charge in [-0.05, 0) is 42.0 Å². The van der Waals surface area contributed by atoms with Crippen molar-refractivity contribution < 1.29 is 53.7 Å². The van der Waals surface area contributed by atoms with E-state index in [1.54, 1.807) is 60.7 Å². The Hall–Kier alpha value is -5.42. The number of methoxy groups -OCH3 is 1. The van der Waals surface area contributed by atoms with E-state index in [2.05, 4.69) is 0 Å². The summed E-state index contributed by atoms with van der Waals surface area (Å²) in [5.74, 6) is -1.55. The van der Waals surface area contributed by atoms with E-state index < -0.39 is 41.9 Å². The Morgan fingerprint density at radius 3 is 2.28 bits per heavy atom. The zero-order valence-electron chi connectivity index (χ0n) is 22.7. The first-order valence-corrected chi connectivity index (χ1v) is 13.2. The monoisotopic (exact) mass is 586 g/mol. The Morgan fingerprint density at radius 2 is 1.51 bits per heavy atom. The van der Waals surface area contributed by atoms with Gasteiger partial charge in [-0.25, -0.2) is 4.79 Å². The number of aliphatic hydroxyl groups excluding tert-OH is 1. The number of Topliss-reactive ketones (excluding diaryl/α,β-unsaturated/α-hetero) is 1. The van der Waals surface area contributed by atoms with E-state index in [-0.39, 0.29) is 40.9 Å². The Balaban J connectivity index is 1.31. The highest BCUT2D eigenvalue weighted by Gasteiger charge is 2.41. The molecule has 11 heteroatoms. The van der Waals surface area contributed by atoms with Crippen LogP contribution < -0.4 is 18.9 Å². The van der Waals surface area contributed by atoms with Crippen LogP contribution >= 0.6 is 0 Å². The number of fused-ring (bicyclic) bond motifs is 2. The fourth-order valence-corrected chi connectivity index (χ4v) is 5.08. The Bertz CT molecular complexity index is 1700. The van der Waals surface area contributed by atoms with Crippen molar-refractivity contribution in [2.45, 2.75) is 24.4 Å². The number of aromatic hydroxyl groups is 3. The molecule has 4 aromatic rings. The van der Waals surface area contributed by atoms with E-state index in [9.17, 15) is 30.0 Å². The van der Waals surface area contributed by atoms with Gasteiger partial charge in [-0.2, -0.15) is 0 Å². The SMILES string of the molecule is COc1cc(C2Oc3cc([C@H]4Oc5cc(O)cc(O)c5C(=O)[C@@H]4O)ccc3OC2COC(=O)c2ccccc2)ccc1O. The van der Waals surface area contributed by atoms with E-state index in [1.165, 1.54) is 19.2 Å². The number of benzene rings is 4. The predicted octanol–water partition coefficient (Wildman–Crippen LogP) is 4.23. The van der Waals surface area contributed by atoms with Gasteiger partial charge in [0.25, 0.3) is 0 Å². The molecule has 220 valence electrons. The van der Waals surface area contributed by atoms with Gasteiger partial charge in [0.15, 0.2) is 47.4 Å². The summed E-state index contributed by atoms with van der Waals surface area (Å²) in [6.07, 6.45) is -4.50. The van der Waals surface area contributed by atoms with Gasteiger partial charge in [0.05, 0.1) is 12.7 Å². The molecule has 2 heterocycles. The van der Waals surface area contributed by atoms with Gasteiger partial charge in [0, 0.05) is 17.7 Å². The van der Waals surface area contributed by atoms with Crippen LogP contribution in [0.3, 0.4) is 0 Å². The number of rotatable bonds is 6. The minimum Gasteiger partial charge on any atom is -0.508 e. The first-order chi connectivity index (χ1) is 20.7. The van der Waals surface area contributed by atoms with E-state index in [0.717, 1.165) is 6.07 Å². The number of carbonyl (C=O) groups is 2. The Kier molecular flexibility index (Phi) is 7.16. The normalized spacial score (nSPS) is 20.5. The van der Waals surface area contributed by atoms with Crippen LogP contribution in [-0.4, -0.2) is 58.1 Å². The zero-order chi connectivity index (χ0) is 30.2. The molecule has 0 amide bonds. The second-order valence-electron chi connectivity index (χ2n) is 9.98. The molecule has 0 fully saturated rings. The lowest BCUT2D eigenvalue weighted by atomic mass is 9.92. The summed E-state index contributed by atoms with van der Waals surface area (Å²) >= 11 is 0. The van der Waals surface area contributed by atoms with Crippen molar-refractivity contribution >= 4 is 11.8 Å². The fraction of sp³-hybridized carbons (Fsp3) is 0.188. The first kappa shape index (κ1) is 27.7. The van der Waals surface area contributed by atoms with Gasteiger partial charge in [-0.15, -0.1) is 0 Å². The number of carbonyl (C=O) groups excluding carboxylic acids is 2. The molecule has 6 rings (SSSR count). The van der Waals surface area contributed by atoms with Crippen LogP contribution in [0.15, 0.2) is 78.9 Å². The van der Waals surface area contributed by atoms with Crippen LogP contribution in [0.2, 0.25) is 0 Å². The summed E-state index contributed by atoms with van der Waals surface area (Å²) in [6, 6.07) is 20.0. The van der Waals surface area contributed by atoms with Crippen molar-refractivity contribution in [2.24, 2.45) is 0 Å². The Labute approximate surface area is 245 Å². The van der Waals surface area contributed by atoms with E-state index in [1.807, 2.05) is 0 Å². The van der Waals surface area contributed by atoms with Crippen molar-refractivity contribution in [1.82, 2.24) is 0 Å². The average molecular weight is 587 g/mol. The van der Waals surface area contributed by atoms with Crippen molar-refractivity contribution in [2.75, 3.05) is 13.7 Å². The maximum Gasteiger partial charge on any atom is 0.338 e. The molecule has 0 saturated carbocycles. The third kappa shape index (κ3) is 5.22. The molecular weight excluding hydrogens is 560 g/mol. The van der Waals surface area contributed by atoms with Crippen molar-refractivity contribution in [3.05, 3.63) is 101 Å². The topological polar surface area (TPSA) is 161 Å². The molecule has 43 heavy (non-hydrogen) atoms. The molecule has 0 radical (unpaired) electrons. The smallest absolute Gasteiger partial charge is 0.338 e. The lowest BCUT2D eigenvalue weighted by Crippen LogP contribution is -2.38. The van der Waals surface area contributed by atoms with Crippen LogP contribution in [0.1, 0.15) is 44.1 Å². The Morgan fingerprint density at radius 1 is 0.791 bits per heavy atom. The first-order valence-electron chi connectivity index (χ1n) is 13.2. The predicted molar refractivity (Wildman–Crippen MR) is 149 cm³/mol. The lowest BCUT2D eigenvalue weighted by Gasteiger charge is -2.35. The highest BCUT2D eigenvalue weighted by molar-refractivity contribution is 6.05. The van der Waals surface area contributed by atoms with E-state index in [0.29, 0.717) is 22.4 Å². The molecule has 2 unspecified atom stereocenters. The second kappa shape index (κ2) is 11.1. The summed E-state index contributed by atoms with van der Waals surface area (Å²) in [7, 11) is 1.41. The second-order valence-corrected chi connectivity index (χ2v) is 9.98. The number of hydrogen-bond donors (Lipinski definition) is 4. The number of hydrogen-bond acceptors (Lipinski definition) is 11. The number of phenols is 3. The number of ketones is 1. The summed E-state index contributed by atoms with van der Waals surface area (Å²) in [5.41, 5.74) is 1.05. The van der Waals surface area contributed by atoms with Gasteiger partial charge < -0.3 is 44.1 Å². The molecule has 0 aromatic heterocycles. The minimum absolute atomic E-state index is 0.0804. The summed E-state index contributed by atoms with van der Waals surface area (Å²) in [4.78, 5) is 25.6. The molecule has 0 spiro atoms.